The van der Waals surface area contributed by atoms with E-state index in [1.807, 2.05) is 60.7 Å². The molecule has 5 aromatic rings. The summed E-state index contributed by atoms with van der Waals surface area (Å²) < 4.78 is 43.0. The summed E-state index contributed by atoms with van der Waals surface area (Å²) in [5.41, 5.74) is 2.69. The van der Waals surface area contributed by atoms with E-state index in [9.17, 15) is 27.9 Å². The second-order valence-corrected chi connectivity index (χ2v) is 10.4. The van der Waals surface area contributed by atoms with Crippen molar-refractivity contribution in [2.75, 3.05) is 11.4 Å². The van der Waals surface area contributed by atoms with Gasteiger partial charge in [0.05, 0.1) is 17.6 Å². The highest BCUT2D eigenvalue weighted by Crippen LogP contribution is 2.43. The zero-order chi connectivity index (χ0) is 29.6. The Balaban J connectivity index is 1.66. The van der Waals surface area contributed by atoms with Crippen molar-refractivity contribution in [3.05, 3.63) is 129 Å². The van der Waals surface area contributed by atoms with Gasteiger partial charge in [-0.25, -0.2) is 4.79 Å². The Hall–Kier alpha value is -4.92. The van der Waals surface area contributed by atoms with Gasteiger partial charge in [0.25, 0.3) is 5.56 Å². The second-order valence-electron chi connectivity index (χ2n) is 10.4. The number of carboxylic acids is 1. The van der Waals surface area contributed by atoms with Crippen LogP contribution in [0.25, 0.3) is 22.0 Å². The van der Waals surface area contributed by atoms with Gasteiger partial charge < -0.3 is 10.0 Å². The Kier molecular flexibility index (Phi) is 6.80. The third-order valence-corrected chi connectivity index (χ3v) is 7.84. The monoisotopic (exact) mass is 569 g/mol. The number of fused-ring (bicyclic) bond motifs is 2. The summed E-state index contributed by atoms with van der Waals surface area (Å²) in [6.45, 7) is 1.88. The largest absolute Gasteiger partial charge is 0.480 e. The topological polar surface area (TPSA) is 75.4 Å². The van der Waals surface area contributed by atoms with Crippen molar-refractivity contribution < 1.29 is 23.1 Å². The van der Waals surface area contributed by atoms with Gasteiger partial charge >= 0.3 is 12.1 Å². The van der Waals surface area contributed by atoms with Crippen LogP contribution in [0, 0.1) is 6.92 Å². The SMILES string of the molecule is Cc1c(Cc2ccnc3ccccc23)c(-c2cccc(C(F)(F)F)c2)c2n(c1=O)C(C(=O)O)CN2Cc1ccccc1. The van der Waals surface area contributed by atoms with Crippen LogP contribution < -0.4 is 10.5 Å². The Morgan fingerprint density at radius 3 is 2.48 bits per heavy atom. The van der Waals surface area contributed by atoms with Gasteiger partial charge in [-0.1, -0.05) is 60.7 Å². The minimum atomic E-state index is -4.59. The molecule has 42 heavy (non-hydrogen) atoms. The maximum atomic E-state index is 13.9. The lowest BCUT2D eigenvalue weighted by Crippen LogP contribution is -2.30. The number of hydrogen-bond acceptors (Lipinski definition) is 4. The number of benzene rings is 3. The van der Waals surface area contributed by atoms with Crippen LogP contribution in [0.1, 0.15) is 33.9 Å². The number of alkyl halides is 3. The molecule has 0 saturated heterocycles. The molecule has 0 amide bonds. The molecule has 0 aliphatic carbocycles. The predicted octanol–water partition coefficient (Wildman–Crippen LogP) is 6.63. The molecule has 6 rings (SSSR count). The van der Waals surface area contributed by atoms with Gasteiger partial charge in [0.15, 0.2) is 6.04 Å². The summed E-state index contributed by atoms with van der Waals surface area (Å²) in [4.78, 5) is 32.6. The third kappa shape index (κ3) is 4.81. The lowest BCUT2D eigenvalue weighted by atomic mass is 9.90. The van der Waals surface area contributed by atoms with E-state index in [4.69, 9.17) is 0 Å². The highest BCUT2D eigenvalue weighted by molar-refractivity contribution is 5.87. The molecule has 1 aliphatic heterocycles. The lowest BCUT2D eigenvalue weighted by Gasteiger charge is -2.25. The number of carboxylic acid groups (broad SMARTS) is 1. The van der Waals surface area contributed by atoms with Crippen molar-refractivity contribution in [1.82, 2.24) is 9.55 Å². The van der Waals surface area contributed by atoms with Crippen molar-refractivity contribution in [2.45, 2.75) is 32.1 Å². The van der Waals surface area contributed by atoms with Crippen LogP contribution in [0.4, 0.5) is 19.0 Å². The maximum absolute atomic E-state index is 13.9. The Labute approximate surface area is 239 Å². The third-order valence-electron chi connectivity index (χ3n) is 7.84. The number of aromatic nitrogens is 2. The van der Waals surface area contributed by atoms with E-state index >= 15 is 0 Å². The first-order chi connectivity index (χ1) is 20.1. The number of para-hydroxylation sites is 1. The van der Waals surface area contributed by atoms with E-state index in [-0.39, 0.29) is 25.1 Å². The first kappa shape index (κ1) is 27.3. The number of anilines is 1. The molecule has 0 fully saturated rings. The maximum Gasteiger partial charge on any atom is 0.416 e. The fraction of sp³-hybridized carbons (Fsp3) is 0.182. The highest BCUT2D eigenvalue weighted by Gasteiger charge is 2.39. The molecule has 0 saturated carbocycles. The summed E-state index contributed by atoms with van der Waals surface area (Å²) in [6.07, 6.45) is -2.69. The first-order valence-corrected chi connectivity index (χ1v) is 13.4. The number of rotatable bonds is 6. The summed E-state index contributed by atoms with van der Waals surface area (Å²) in [7, 11) is 0. The summed E-state index contributed by atoms with van der Waals surface area (Å²) in [5.74, 6) is -0.884. The van der Waals surface area contributed by atoms with Gasteiger partial charge in [0.1, 0.15) is 5.82 Å². The smallest absolute Gasteiger partial charge is 0.416 e. The van der Waals surface area contributed by atoms with E-state index in [2.05, 4.69) is 4.98 Å². The fourth-order valence-corrected chi connectivity index (χ4v) is 5.83. The number of aliphatic carboxylic acids is 1. The molecule has 0 spiro atoms. The van der Waals surface area contributed by atoms with Crippen LogP contribution in [0.15, 0.2) is 95.9 Å². The average Bonchev–Trinajstić information content (AvgIpc) is 3.35. The van der Waals surface area contributed by atoms with Crippen LogP contribution in [0.3, 0.4) is 0 Å². The minimum Gasteiger partial charge on any atom is -0.480 e. The van der Waals surface area contributed by atoms with E-state index < -0.39 is 29.3 Å². The fourth-order valence-electron chi connectivity index (χ4n) is 5.83. The van der Waals surface area contributed by atoms with E-state index in [1.165, 1.54) is 10.6 Å². The number of pyridine rings is 2. The molecular formula is C33H26F3N3O3. The van der Waals surface area contributed by atoms with Crippen LogP contribution in [-0.4, -0.2) is 27.2 Å². The standard InChI is InChI=1S/C33H26F3N3O3/c1-20-26(17-22-14-15-37-27-13-6-5-12-25(22)27)29(23-10-7-11-24(16-23)33(34,35)36)30-38(18-21-8-3-2-4-9-21)19-28(32(41)42)39(30)31(20)40/h2-16,28H,17-19H2,1H3,(H,41,42). The molecule has 0 bridgehead atoms. The molecule has 0 radical (unpaired) electrons. The van der Waals surface area contributed by atoms with Crippen molar-refractivity contribution in [3.63, 3.8) is 0 Å². The molecule has 2 aromatic heterocycles. The lowest BCUT2D eigenvalue weighted by molar-refractivity contribution is -0.140. The zero-order valence-corrected chi connectivity index (χ0v) is 22.6. The van der Waals surface area contributed by atoms with E-state index in [0.717, 1.165) is 34.2 Å². The van der Waals surface area contributed by atoms with Crippen LogP contribution in [0.2, 0.25) is 0 Å². The predicted molar refractivity (Wildman–Crippen MR) is 155 cm³/mol. The molecule has 1 aliphatic rings. The number of halogens is 3. The summed E-state index contributed by atoms with van der Waals surface area (Å²) in [5, 5.41) is 11.0. The molecule has 1 unspecified atom stereocenters. The van der Waals surface area contributed by atoms with Crippen molar-refractivity contribution >= 4 is 22.7 Å². The molecule has 1 atom stereocenters. The van der Waals surface area contributed by atoms with Gasteiger partial charge in [-0.2, -0.15) is 13.2 Å². The quantitative estimate of drug-likeness (QED) is 0.249. The Bertz CT molecular complexity index is 1880. The number of carbonyl (C=O) groups is 1. The second kappa shape index (κ2) is 10.5. The van der Waals surface area contributed by atoms with Gasteiger partial charge in [0, 0.05) is 29.3 Å². The van der Waals surface area contributed by atoms with Gasteiger partial charge in [0.2, 0.25) is 0 Å². The molecule has 3 aromatic carbocycles. The van der Waals surface area contributed by atoms with Crippen LogP contribution in [-0.2, 0) is 23.9 Å². The zero-order valence-electron chi connectivity index (χ0n) is 22.6. The minimum absolute atomic E-state index is 0.00743. The van der Waals surface area contributed by atoms with Gasteiger partial charge in [-0.3, -0.25) is 14.3 Å². The van der Waals surface area contributed by atoms with Crippen LogP contribution in [0.5, 0.6) is 0 Å². The molecular weight excluding hydrogens is 543 g/mol. The average molecular weight is 570 g/mol. The van der Waals surface area contributed by atoms with Gasteiger partial charge in [-0.15, -0.1) is 0 Å². The Morgan fingerprint density at radius 1 is 1.00 bits per heavy atom. The molecule has 9 heteroatoms. The summed E-state index contributed by atoms with van der Waals surface area (Å²) in [6, 6.07) is 22.5. The number of hydrogen-bond donors (Lipinski definition) is 1. The molecule has 6 nitrogen and oxygen atoms in total. The number of nitrogens with zero attached hydrogens (tertiary/aromatic N) is 3. The molecule has 1 N–H and O–H groups in total. The van der Waals surface area contributed by atoms with Crippen molar-refractivity contribution in [3.8, 4) is 11.1 Å². The van der Waals surface area contributed by atoms with Crippen molar-refractivity contribution in [2.24, 2.45) is 0 Å². The molecule has 212 valence electrons. The molecule has 3 heterocycles. The normalized spacial score (nSPS) is 14.8. The van der Waals surface area contributed by atoms with E-state index in [1.54, 1.807) is 24.1 Å². The van der Waals surface area contributed by atoms with E-state index in [0.29, 0.717) is 22.5 Å². The van der Waals surface area contributed by atoms with Crippen molar-refractivity contribution in [1.29, 1.82) is 0 Å². The summed E-state index contributed by atoms with van der Waals surface area (Å²) >= 11 is 0. The van der Waals surface area contributed by atoms with Gasteiger partial charge in [-0.05, 0) is 59.9 Å². The van der Waals surface area contributed by atoms with Crippen LogP contribution >= 0.6 is 0 Å². The Morgan fingerprint density at radius 2 is 1.74 bits per heavy atom. The first-order valence-electron chi connectivity index (χ1n) is 13.4. The highest BCUT2D eigenvalue weighted by atomic mass is 19.4.